The van der Waals surface area contributed by atoms with Crippen molar-refractivity contribution in [2.75, 3.05) is 18.9 Å². The smallest absolute Gasteiger partial charge is 0.331 e. The molecule has 0 aromatic rings. The first-order valence-corrected chi connectivity index (χ1v) is 23.7. The normalized spacial score (nSPS) is 45.9. The van der Waals surface area contributed by atoms with Gasteiger partial charge in [-0.1, -0.05) is 13.3 Å². The zero-order valence-electron chi connectivity index (χ0n) is 35.6. The number of cyclic esters (lactones) is 1. The molecular formula is C43H65N5O13S. The molecule has 346 valence electrons. The van der Waals surface area contributed by atoms with Gasteiger partial charge in [-0.05, 0) is 94.5 Å². The number of ether oxygens (including phenoxy) is 3. The minimum absolute atomic E-state index is 0.0759. The zero-order chi connectivity index (χ0) is 44.2. The van der Waals surface area contributed by atoms with Crippen LogP contribution in [-0.4, -0.2) is 151 Å². The second-order valence-corrected chi connectivity index (χ2v) is 20.8. The second kappa shape index (κ2) is 17.8. The molecule has 0 spiro atoms. The summed E-state index contributed by atoms with van der Waals surface area (Å²) in [5.41, 5.74) is -1.58. The fourth-order valence-corrected chi connectivity index (χ4v) is 14.4. The Morgan fingerprint density at radius 3 is 2.55 bits per heavy atom. The third-order valence-corrected chi connectivity index (χ3v) is 17.8. The lowest BCUT2D eigenvalue weighted by Gasteiger charge is -2.66. The average molecular weight is 892 g/mol. The Balaban J connectivity index is 0.903. The molecule has 62 heavy (non-hydrogen) atoms. The molecule has 10 N–H and O–H groups in total. The number of aliphatic hydroxyl groups excluding tert-OH is 4. The van der Waals surface area contributed by atoms with Gasteiger partial charge in [0.1, 0.15) is 24.9 Å². The van der Waals surface area contributed by atoms with Crippen molar-refractivity contribution in [2.24, 2.45) is 33.7 Å². The molecule has 7 fully saturated rings. The summed E-state index contributed by atoms with van der Waals surface area (Å²) in [4.78, 5) is 49.4. The fourth-order valence-electron chi connectivity index (χ4n) is 12.9. The summed E-state index contributed by atoms with van der Waals surface area (Å²) in [6.07, 6.45) is 0.922. The van der Waals surface area contributed by atoms with E-state index in [4.69, 9.17) is 14.2 Å². The minimum Gasteiger partial charge on any atom is -0.458 e. The van der Waals surface area contributed by atoms with Gasteiger partial charge >= 0.3 is 12.0 Å². The van der Waals surface area contributed by atoms with Crippen molar-refractivity contribution in [1.29, 1.82) is 0 Å². The number of esters is 1. The van der Waals surface area contributed by atoms with Crippen molar-refractivity contribution in [3.8, 4) is 0 Å². The Labute approximate surface area is 365 Å². The highest BCUT2D eigenvalue weighted by atomic mass is 32.2. The van der Waals surface area contributed by atoms with Gasteiger partial charge in [0.15, 0.2) is 6.29 Å². The molecule has 4 aliphatic heterocycles. The number of hydrazone groups is 1. The van der Waals surface area contributed by atoms with Crippen LogP contribution in [0.2, 0.25) is 0 Å². The van der Waals surface area contributed by atoms with Crippen molar-refractivity contribution in [2.45, 2.75) is 175 Å². The largest absolute Gasteiger partial charge is 0.458 e. The summed E-state index contributed by atoms with van der Waals surface area (Å²) in [6.45, 7) is 3.90. The molecule has 3 saturated heterocycles. The van der Waals surface area contributed by atoms with Gasteiger partial charge < -0.3 is 60.8 Å². The van der Waals surface area contributed by atoms with Gasteiger partial charge in [-0.3, -0.25) is 9.59 Å². The number of nitrogens with zero attached hydrogens (tertiary/aromatic N) is 1. The first-order chi connectivity index (χ1) is 29.5. The molecule has 4 heterocycles. The van der Waals surface area contributed by atoms with E-state index in [0.29, 0.717) is 50.3 Å². The third-order valence-electron chi connectivity index (χ3n) is 16.3. The highest BCUT2D eigenvalue weighted by molar-refractivity contribution is 8.00. The van der Waals surface area contributed by atoms with Crippen molar-refractivity contribution in [1.82, 2.24) is 21.4 Å². The standard InChI is InChI=1S/C43H65N5O13S/c1-22-35(53)36(54)37(55)38(60-22)61-24-9-12-41(21-45-48-32(51)8-5-15-44-31(50)7-4-3-6-29-34-28(20-62-29)46-39(56)47-34)27-17-30(49)40(2)25(23-16-33(52)59-19-23)11-14-43(40,58)26(27)10-13-42(41,57)18-24/h16,21-22,24-30,34-38,49,53-55,57-58H,3-15,17-20H2,1-2H3,(H,44,50)(H,48,51)(H2,46,47,56)/b45-21+/t22-,24-,25+,26+,27-,28-,29-,30+,34-,35-,36+,37+,38-,40-,41-,42-,43-/m0/s1. The number of fused-ring (bicyclic) bond motifs is 6. The van der Waals surface area contributed by atoms with E-state index < -0.39 is 76.8 Å². The van der Waals surface area contributed by atoms with Crippen molar-refractivity contribution >= 4 is 41.8 Å². The first-order valence-electron chi connectivity index (χ1n) is 22.6. The quantitative estimate of drug-likeness (QED) is 0.0280. The van der Waals surface area contributed by atoms with Crippen LogP contribution in [0.1, 0.15) is 104 Å². The lowest BCUT2D eigenvalue weighted by atomic mass is 9.41. The number of unbranched alkanes of at least 4 members (excludes halogenated alkanes) is 1. The molecule has 4 saturated carbocycles. The number of hydrogen-bond acceptors (Lipinski definition) is 15. The van der Waals surface area contributed by atoms with Gasteiger partial charge in [0, 0.05) is 59.9 Å². The van der Waals surface area contributed by atoms with Crippen LogP contribution >= 0.6 is 11.8 Å². The molecule has 4 aliphatic carbocycles. The Hall–Kier alpha value is -2.88. The lowest BCUT2D eigenvalue weighted by molar-refractivity contribution is -0.317. The maximum absolute atomic E-state index is 13.1. The Morgan fingerprint density at radius 2 is 1.77 bits per heavy atom. The summed E-state index contributed by atoms with van der Waals surface area (Å²) in [7, 11) is 0. The molecule has 0 bridgehead atoms. The van der Waals surface area contributed by atoms with Crippen LogP contribution in [-0.2, 0) is 28.6 Å². The summed E-state index contributed by atoms with van der Waals surface area (Å²) < 4.78 is 17.2. The van der Waals surface area contributed by atoms with Crippen LogP contribution in [0.4, 0.5) is 4.79 Å². The SMILES string of the molecule is C[C@@H]1O[C@@H](O[C@H]2CC[C@]3(/C=N/NC(=O)CCCNC(=O)CCCC[C@@H]4SC[C@@H]5NC(=O)N[C@@H]54)[C@H]4C[C@@H](O)[C@]5(C)[C@@H](C6=CC(=O)OC6)CC[C@]5(O)[C@@H]4CC[C@]3(O)C2)[C@H](O)[C@H](O)[C@H]1O. The lowest BCUT2D eigenvalue weighted by Crippen LogP contribution is -2.71. The van der Waals surface area contributed by atoms with Gasteiger partial charge in [-0.25, -0.2) is 15.0 Å². The van der Waals surface area contributed by atoms with Crippen LogP contribution in [0.15, 0.2) is 16.8 Å². The van der Waals surface area contributed by atoms with Crippen LogP contribution in [0.25, 0.3) is 0 Å². The van der Waals surface area contributed by atoms with Crippen LogP contribution in [0.5, 0.6) is 0 Å². The molecule has 19 heteroatoms. The van der Waals surface area contributed by atoms with Gasteiger partial charge in [-0.2, -0.15) is 16.9 Å². The number of hydrogen-bond donors (Lipinski definition) is 10. The third kappa shape index (κ3) is 8.09. The van der Waals surface area contributed by atoms with E-state index in [2.05, 4.69) is 26.5 Å². The molecule has 0 aromatic heterocycles. The molecule has 8 rings (SSSR count). The van der Waals surface area contributed by atoms with Crippen LogP contribution in [0.3, 0.4) is 0 Å². The Bertz CT molecular complexity index is 1790. The zero-order valence-corrected chi connectivity index (χ0v) is 36.4. The van der Waals surface area contributed by atoms with Gasteiger partial charge in [0.25, 0.3) is 0 Å². The topological polar surface area (TPSA) is 278 Å². The maximum Gasteiger partial charge on any atom is 0.331 e. The number of carbonyl (C=O) groups is 4. The summed E-state index contributed by atoms with van der Waals surface area (Å²) in [5, 5.41) is 82.8. The number of carbonyl (C=O) groups excluding carboxylic acids is 4. The van der Waals surface area contributed by atoms with Crippen molar-refractivity contribution in [3.05, 3.63) is 11.6 Å². The number of nitrogens with one attached hydrogen (secondary N) is 4. The van der Waals surface area contributed by atoms with Gasteiger partial charge in [0.05, 0.1) is 41.6 Å². The summed E-state index contributed by atoms with van der Waals surface area (Å²) in [5.74, 6) is -1.13. The second-order valence-electron chi connectivity index (χ2n) is 19.5. The fraction of sp³-hybridized carbons (Fsp3) is 0.837. The first kappa shape index (κ1) is 45.7. The average Bonchev–Trinajstić information content (AvgIpc) is 4.00. The Morgan fingerprint density at radius 1 is 0.984 bits per heavy atom. The summed E-state index contributed by atoms with van der Waals surface area (Å²) in [6, 6.07) is 0.202. The predicted molar refractivity (Wildman–Crippen MR) is 223 cm³/mol. The van der Waals surface area contributed by atoms with E-state index >= 15 is 0 Å². The van der Waals surface area contributed by atoms with E-state index in [9.17, 15) is 49.8 Å². The predicted octanol–water partition coefficient (Wildman–Crippen LogP) is 0.246. The monoisotopic (exact) mass is 891 g/mol. The molecule has 4 amide bonds. The number of thioether (sulfide) groups is 1. The van der Waals surface area contributed by atoms with E-state index in [1.54, 1.807) is 13.1 Å². The molecular weight excluding hydrogens is 827 g/mol. The number of rotatable bonds is 14. The van der Waals surface area contributed by atoms with Crippen molar-refractivity contribution in [3.63, 3.8) is 0 Å². The molecule has 0 unspecified atom stereocenters. The molecule has 8 aliphatic rings. The van der Waals surface area contributed by atoms with E-state index in [-0.39, 0.29) is 80.5 Å². The van der Waals surface area contributed by atoms with Gasteiger partial charge in [0.2, 0.25) is 11.8 Å². The number of urea groups is 1. The maximum atomic E-state index is 13.1. The minimum atomic E-state index is -1.52. The van der Waals surface area contributed by atoms with Crippen LogP contribution < -0.4 is 21.4 Å². The van der Waals surface area contributed by atoms with Crippen molar-refractivity contribution < 1.29 is 64.0 Å². The Kier molecular flexibility index (Phi) is 13.1. The van der Waals surface area contributed by atoms with Gasteiger partial charge in [-0.15, -0.1) is 0 Å². The van der Waals surface area contributed by atoms with E-state index in [1.165, 1.54) is 6.08 Å². The molecule has 0 radical (unpaired) electrons. The number of aliphatic hydroxyl groups is 6. The van der Waals surface area contributed by atoms with E-state index in [1.807, 2.05) is 18.7 Å². The van der Waals surface area contributed by atoms with Crippen LogP contribution in [0, 0.1) is 28.6 Å². The molecule has 0 aromatic carbocycles. The molecule has 17 atom stereocenters. The highest BCUT2D eigenvalue weighted by Gasteiger charge is 2.73. The highest BCUT2D eigenvalue weighted by Crippen LogP contribution is 2.70. The summed E-state index contributed by atoms with van der Waals surface area (Å²) >= 11 is 1.85. The number of amides is 4. The molecule has 18 nitrogen and oxygen atoms in total. The van der Waals surface area contributed by atoms with E-state index in [0.717, 1.165) is 30.6 Å².